The minimum Gasteiger partial charge on any atom is -0.361 e. The predicted octanol–water partition coefficient (Wildman–Crippen LogP) is -0.549. The number of primary amides is 1. The minimum atomic E-state index is -0.938. The maximum Gasteiger partial charge on any atom is 0.309 e. The molecule has 0 radical (unpaired) electrons. The Morgan fingerprint density at radius 2 is 1.80 bits per heavy atom. The lowest BCUT2D eigenvalue weighted by Crippen LogP contribution is -2.35. The van der Waals surface area contributed by atoms with E-state index in [0.29, 0.717) is 6.54 Å². The lowest BCUT2D eigenvalue weighted by molar-refractivity contribution is -0.137. The molecule has 0 aromatic carbocycles. The number of nitrogens with one attached hydrogen (secondary N) is 1. The first-order chi connectivity index (χ1) is 3.68. The lowest BCUT2D eigenvalue weighted by Gasteiger charge is -1.92. The van der Waals surface area contributed by atoms with E-state index in [9.17, 15) is 9.59 Å². The summed E-state index contributed by atoms with van der Waals surface area (Å²) in [6.07, 6.45) is 0. The fourth-order valence-corrected chi connectivity index (χ4v) is 0.248. The second-order valence-electron chi connectivity index (χ2n) is 1.22. The van der Waals surface area contributed by atoms with E-state index in [4.69, 9.17) is 0 Å². The third kappa shape index (κ3) is 7.52. The van der Waals surface area contributed by atoms with Crippen LogP contribution in [-0.4, -0.2) is 18.4 Å². The Bertz CT molecular complexity index is 118. The molecule has 0 fully saturated rings. The van der Waals surface area contributed by atoms with Crippen LogP contribution >= 0.6 is 24.8 Å². The zero-order valence-corrected chi connectivity index (χ0v) is 7.05. The monoisotopic (exact) mass is 188 g/mol. The highest BCUT2D eigenvalue weighted by molar-refractivity contribution is 6.34. The second-order valence-corrected chi connectivity index (χ2v) is 1.22. The summed E-state index contributed by atoms with van der Waals surface area (Å²) in [5.74, 6) is -1.67. The Labute approximate surface area is 71.4 Å². The van der Waals surface area contributed by atoms with Crippen molar-refractivity contribution in [1.82, 2.24) is 5.32 Å². The minimum absolute atomic E-state index is 0. The summed E-state index contributed by atoms with van der Waals surface area (Å²) in [5, 5.41) is 2.23. The SMILES string of the molecule is CCNC(=O)C(N)=O.Cl.Cl. The van der Waals surface area contributed by atoms with Gasteiger partial charge in [-0.15, -0.1) is 24.8 Å². The molecule has 0 aliphatic heterocycles. The maximum absolute atomic E-state index is 10.2. The Hall–Kier alpha value is -0.480. The van der Waals surface area contributed by atoms with Gasteiger partial charge in [0.1, 0.15) is 0 Å². The molecule has 62 valence electrons. The van der Waals surface area contributed by atoms with E-state index in [-0.39, 0.29) is 24.8 Å². The first-order valence-electron chi connectivity index (χ1n) is 2.26. The third-order valence-corrected chi connectivity index (χ3v) is 0.561. The van der Waals surface area contributed by atoms with E-state index in [1.54, 1.807) is 6.92 Å². The fraction of sp³-hybridized carbons (Fsp3) is 0.500. The summed E-state index contributed by atoms with van der Waals surface area (Å²) < 4.78 is 0. The first kappa shape index (κ1) is 16.3. The molecular weight excluding hydrogens is 179 g/mol. The van der Waals surface area contributed by atoms with Crippen molar-refractivity contribution in [1.29, 1.82) is 0 Å². The predicted molar refractivity (Wildman–Crippen MR) is 42.4 cm³/mol. The largest absolute Gasteiger partial charge is 0.361 e. The number of halogens is 2. The zero-order chi connectivity index (χ0) is 6.57. The molecule has 0 saturated carbocycles. The van der Waals surface area contributed by atoms with E-state index in [1.165, 1.54) is 0 Å². The molecule has 0 aromatic heterocycles. The van der Waals surface area contributed by atoms with E-state index in [0.717, 1.165) is 0 Å². The van der Waals surface area contributed by atoms with Crippen LogP contribution in [0.2, 0.25) is 0 Å². The topological polar surface area (TPSA) is 72.2 Å². The summed E-state index contributed by atoms with van der Waals surface area (Å²) in [4.78, 5) is 20.1. The van der Waals surface area contributed by atoms with Crippen LogP contribution in [0.1, 0.15) is 6.92 Å². The zero-order valence-electron chi connectivity index (χ0n) is 5.42. The molecule has 0 aromatic rings. The van der Waals surface area contributed by atoms with Crippen molar-refractivity contribution < 1.29 is 9.59 Å². The van der Waals surface area contributed by atoms with Gasteiger partial charge in [-0.1, -0.05) is 0 Å². The lowest BCUT2D eigenvalue weighted by atomic mass is 10.5. The van der Waals surface area contributed by atoms with E-state index in [2.05, 4.69) is 11.1 Å². The van der Waals surface area contributed by atoms with Gasteiger partial charge in [-0.3, -0.25) is 9.59 Å². The molecule has 0 aliphatic carbocycles. The van der Waals surface area contributed by atoms with Crippen molar-refractivity contribution in [2.24, 2.45) is 5.73 Å². The van der Waals surface area contributed by atoms with Crippen molar-refractivity contribution in [3.8, 4) is 0 Å². The number of amides is 2. The number of likely N-dealkylation sites (N-methyl/N-ethyl adjacent to an activating group) is 1. The van der Waals surface area contributed by atoms with Crippen LogP contribution in [0, 0.1) is 0 Å². The van der Waals surface area contributed by atoms with Crippen LogP contribution in [0.25, 0.3) is 0 Å². The number of hydrogen-bond acceptors (Lipinski definition) is 2. The molecule has 4 nitrogen and oxygen atoms in total. The Morgan fingerprint density at radius 3 is 1.90 bits per heavy atom. The van der Waals surface area contributed by atoms with Crippen molar-refractivity contribution >= 4 is 36.6 Å². The molecule has 0 heterocycles. The first-order valence-corrected chi connectivity index (χ1v) is 2.26. The molecule has 6 heteroatoms. The molecule has 0 bridgehead atoms. The van der Waals surface area contributed by atoms with Gasteiger partial charge >= 0.3 is 11.8 Å². The van der Waals surface area contributed by atoms with Crippen LogP contribution in [0.3, 0.4) is 0 Å². The quantitative estimate of drug-likeness (QED) is 0.543. The molecule has 0 aliphatic rings. The molecule has 0 rings (SSSR count). The van der Waals surface area contributed by atoms with Gasteiger partial charge in [-0.05, 0) is 6.92 Å². The highest BCUT2D eigenvalue weighted by atomic mass is 35.5. The van der Waals surface area contributed by atoms with E-state index < -0.39 is 11.8 Å². The number of carbonyl (C=O) groups is 2. The Balaban J connectivity index is -0.000000245. The van der Waals surface area contributed by atoms with Crippen molar-refractivity contribution in [2.75, 3.05) is 6.54 Å². The van der Waals surface area contributed by atoms with E-state index in [1.807, 2.05) is 0 Å². The molecule has 0 saturated heterocycles. The van der Waals surface area contributed by atoms with Gasteiger partial charge in [0.2, 0.25) is 0 Å². The number of carbonyl (C=O) groups excluding carboxylic acids is 2. The summed E-state index contributed by atoms with van der Waals surface area (Å²) in [6, 6.07) is 0. The van der Waals surface area contributed by atoms with Gasteiger partial charge in [-0.2, -0.15) is 0 Å². The van der Waals surface area contributed by atoms with Gasteiger partial charge in [0.25, 0.3) is 0 Å². The third-order valence-electron chi connectivity index (χ3n) is 0.561. The summed E-state index contributed by atoms with van der Waals surface area (Å²) in [5.41, 5.74) is 4.57. The maximum atomic E-state index is 10.2. The molecular formula is C4H10Cl2N2O2. The standard InChI is InChI=1S/C4H8N2O2.2ClH/c1-2-6-4(8)3(5)7;;/h2H2,1H3,(H2,5,7)(H,6,8);2*1H. The molecule has 0 spiro atoms. The number of rotatable bonds is 1. The van der Waals surface area contributed by atoms with Crippen molar-refractivity contribution in [2.45, 2.75) is 6.92 Å². The van der Waals surface area contributed by atoms with Crippen LogP contribution in [0.4, 0.5) is 0 Å². The van der Waals surface area contributed by atoms with Crippen molar-refractivity contribution in [3.63, 3.8) is 0 Å². The van der Waals surface area contributed by atoms with Gasteiger partial charge < -0.3 is 11.1 Å². The molecule has 2 amide bonds. The summed E-state index contributed by atoms with van der Waals surface area (Å²) in [6.45, 7) is 2.14. The van der Waals surface area contributed by atoms with Crippen LogP contribution in [0.5, 0.6) is 0 Å². The molecule has 10 heavy (non-hydrogen) atoms. The van der Waals surface area contributed by atoms with Gasteiger partial charge in [0.05, 0.1) is 0 Å². The highest BCUT2D eigenvalue weighted by Crippen LogP contribution is 1.59. The van der Waals surface area contributed by atoms with E-state index >= 15 is 0 Å². The molecule has 3 N–H and O–H groups in total. The van der Waals surface area contributed by atoms with Crippen LogP contribution < -0.4 is 11.1 Å². The second kappa shape index (κ2) is 8.52. The summed E-state index contributed by atoms with van der Waals surface area (Å²) in [7, 11) is 0. The number of nitrogens with two attached hydrogens (primary N) is 1. The fourth-order valence-electron chi connectivity index (χ4n) is 0.248. The Morgan fingerprint density at radius 1 is 1.40 bits per heavy atom. The molecule has 0 unspecified atom stereocenters. The van der Waals surface area contributed by atoms with Crippen LogP contribution in [0.15, 0.2) is 0 Å². The van der Waals surface area contributed by atoms with Gasteiger partial charge in [0.15, 0.2) is 0 Å². The number of hydrogen-bond donors (Lipinski definition) is 2. The summed E-state index contributed by atoms with van der Waals surface area (Å²) >= 11 is 0. The average Bonchev–Trinajstić information content (AvgIpc) is 1.67. The average molecular weight is 189 g/mol. The normalized spacial score (nSPS) is 6.50. The van der Waals surface area contributed by atoms with Crippen LogP contribution in [-0.2, 0) is 9.59 Å². The highest BCUT2D eigenvalue weighted by Gasteiger charge is 2.03. The Kier molecular flexibility index (Phi) is 13.9. The van der Waals surface area contributed by atoms with Gasteiger partial charge in [-0.25, -0.2) is 0 Å². The van der Waals surface area contributed by atoms with Crippen molar-refractivity contribution in [3.05, 3.63) is 0 Å². The molecule has 0 atom stereocenters. The van der Waals surface area contributed by atoms with Gasteiger partial charge in [0, 0.05) is 6.54 Å². The smallest absolute Gasteiger partial charge is 0.309 e.